The lowest BCUT2D eigenvalue weighted by Crippen LogP contribution is -3.09. The summed E-state index contributed by atoms with van der Waals surface area (Å²) in [6.07, 6.45) is 0. The molecule has 0 amide bonds. The molecule has 2 N–H and O–H groups in total. The number of aryl methyl sites for hydroxylation is 2. The monoisotopic (exact) mass is 421 g/mol. The number of para-hydroxylation sites is 1. The summed E-state index contributed by atoms with van der Waals surface area (Å²) in [4.78, 5) is 21.1. The van der Waals surface area contributed by atoms with Crippen molar-refractivity contribution in [2.75, 3.05) is 6.54 Å². The third-order valence-corrected chi connectivity index (χ3v) is 5.61. The number of H-pyrrole nitrogens is 1. The molecule has 0 aliphatic rings. The zero-order valence-corrected chi connectivity index (χ0v) is 18.2. The van der Waals surface area contributed by atoms with Crippen molar-refractivity contribution in [1.82, 2.24) is 24.3 Å². The number of aromatic nitrogens is 5. The molecule has 0 saturated heterocycles. The molecule has 0 aliphatic heterocycles. The standard InChI is InChI=1S/C22H24N6OS/c1-4-26(13-20-23-19-11-6-5-10-18(19)21(29)24-20)14-27-22(30)28(16(3)25-27)17-9-7-8-15(2)12-17/h5-12H,4,13-14H2,1-3H3,(H,23,24,29)/p+1. The molecule has 0 bridgehead atoms. The van der Waals surface area contributed by atoms with E-state index >= 15 is 0 Å². The van der Waals surface area contributed by atoms with Crippen molar-refractivity contribution in [2.45, 2.75) is 34.0 Å². The molecule has 1 atom stereocenters. The van der Waals surface area contributed by atoms with Crippen molar-refractivity contribution in [2.24, 2.45) is 0 Å². The van der Waals surface area contributed by atoms with E-state index in [2.05, 4.69) is 41.0 Å². The summed E-state index contributed by atoms with van der Waals surface area (Å²) in [5, 5.41) is 5.28. The highest BCUT2D eigenvalue weighted by Gasteiger charge is 2.16. The van der Waals surface area contributed by atoms with Crippen LogP contribution < -0.4 is 10.5 Å². The molecule has 1 unspecified atom stereocenters. The topological polar surface area (TPSA) is 72.9 Å². The fraction of sp³-hybridized carbons (Fsp3) is 0.273. The summed E-state index contributed by atoms with van der Waals surface area (Å²) in [5.41, 5.74) is 2.79. The Labute approximate surface area is 179 Å². The maximum atomic E-state index is 12.4. The Balaban J connectivity index is 1.61. The first-order valence-corrected chi connectivity index (χ1v) is 10.4. The van der Waals surface area contributed by atoms with Gasteiger partial charge in [-0.3, -0.25) is 9.36 Å². The molecule has 0 saturated carbocycles. The third-order valence-electron chi connectivity index (χ3n) is 5.21. The number of quaternary nitrogens is 1. The Morgan fingerprint density at radius 2 is 1.93 bits per heavy atom. The van der Waals surface area contributed by atoms with Crippen molar-refractivity contribution in [1.29, 1.82) is 0 Å². The fourth-order valence-corrected chi connectivity index (χ4v) is 3.99. The normalized spacial score (nSPS) is 12.4. The van der Waals surface area contributed by atoms with Gasteiger partial charge in [0.05, 0.1) is 17.4 Å². The van der Waals surface area contributed by atoms with E-state index in [1.807, 2.05) is 46.5 Å². The minimum Gasteiger partial charge on any atom is -0.310 e. The molecule has 154 valence electrons. The highest BCUT2D eigenvalue weighted by molar-refractivity contribution is 7.71. The number of hydrogen-bond donors (Lipinski definition) is 2. The van der Waals surface area contributed by atoms with Crippen molar-refractivity contribution in [3.05, 3.63) is 80.9 Å². The number of nitrogens with zero attached hydrogens (tertiary/aromatic N) is 4. The van der Waals surface area contributed by atoms with Gasteiger partial charge in [0.1, 0.15) is 12.4 Å². The van der Waals surface area contributed by atoms with Crippen LogP contribution in [0.2, 0.25) is 0 Å². The highest BCUT2D eigenvalue weighted by atomic mass is 32.1. The summed E-state index contributed by atoms with van der Waals surface area (Å²) in [7, 11) is 0. The molecular weight excluding hydrogens is 396 g/mol. The van der Waals surface area contributed by atoms with Gasteiger partial charge in [-0.25, -0.2) is 4.98 Å². The van der Waals surface area contributed by atoms with Gasteiger partial charge < -0.3 is 9.88 Å². The lowest BCUT2D eigenvalue weighted by molar-refractivity contribution is -0.935. The van der Waals surface area contributed by atoms with Crippen LogP contribution in [0, 0.1) is 18.6 Å². The van der Waals surface area contributed by atoms with Gasteiger partial charge in [-0.2, -0.15) is 9.78 Å². The predicted octanol–water partition coefficient (Wildman–Crippen LogP) is 2.32. The SMILES string of the molecule is CC[NH+](Cc1nc2ccccc2c(=O)[nH]1)Cn1nc(C)n(-c2cccc(C)c2)c1=S. The van der Waals surface area contributed by atoms with Crippen LogP contribution in [-0.4, -0.2) is 30.9 Å². The lowest BCUT2D eigenvalue weighted by Gasteiger charge is -2.17. The summed E-state index contributed by atoms with van der Waals surface area (Å²) in [5.74, 6) is 1.51. The number of fused-ring (bicyclic) bond motifs is 1. The Morgan fingerprint density at radius 1 is 1.13 bits per heavy atom. The van der Waals surface area contributed by atoms with Crippen LogP contribution in [0.5, 0.6) is 0 Å². The van der Waals surface area contributed by atoms with E-state index in [0.717, 1.165) is 18.1 Å². The molecule has 4 rings (SSSR count). The molecule has 2 heterocycles. The Kier molecular flexibility index (Phi) is 5.61. The number of benzene rings is 2. The van der Waals surface area contributed by atoms with E-state index in [4.69, 9.17) is 12.2 Å². The van der Waals surface area contributed by atoms with E-state index in [-0.39, 0.29) is 5.56 Å². The summed E-state index contributed by atoms with van der Waals surface area (Å²) < 4.78 is 4.50. The lowest BCUT2D eigenvalue weighted by atomic mass is 10.2. The smallest absolute Gasteiger partial charge is 0.258 e. The molecule has 8 heteroatoms. The van der Waals surface area contributed by atoms with Gasteiger partial charge in [0.15, 0.2) is 12.5 Å². The second-order valence-corrected chi connectivity index (χ2v) is 7.84. The Bertz CT molecular complexity index is 1320. The third kappa shape index (κ3) is 3.96. The average Bonchev–Trinajstić information content (AvgIpc) is 3.00. The number of hydrogen-bond acceptors (Lipinski definition) is 4. The fourth-order valence-electron chi connectivity index (χ4n) is 3.64. The molecule has 0 fully saturated rings. The van der Waals surface area contributed by atoms with Crippen LogP contribution in [0.4, 0.5) is 0 Å². The van der Waals surface area contributed by atoms with Gasteiger partial charge in [-0.05, 0) is 62.8 Å². The van der Waals surface area contributed by atoms with Crippen LogP contribution in [0.25, 0.3) is 16.6 Å². The summed E-state index contributed by atoms with van der Waals surface area (Å²) >= 11 is 5.73. The molecule has 0 aliphatic carbocycles. The zero-order chi connectivity index (χ0) is 21.3. The molecule has 4 aromatic rings. The average molecular weight is 422 g/mol. The van der Waals surface area contributed by atoms with E-state index in [1.54, 1.807) is 6.07 Å². The first-order valence-electron chi connectivity index (χ1n) is 10.0. The van der Waals surface area contributed by atoms with Crippen LogP contribution in [0.15, 0.2) is 53.3 Å². The minimum absolute atomic E-state index is 0.109. The van der Waals surface area contributed by atoms with Crippen LogP contribution >= 0.6 is 12.2 Å². The Morgan fingerprint density at radius 3 is 2.70 bits per heavy atom. The largest absolute Gasteiger partial charge is 0.310 e. The molecule has 7 nitrogen and oxygen atoms in total. The highest BCUT2D eigenvalue weighted by Crippen LogP contribution is 2.13. The number of nitrogens with one attached hydrogen (secondary N) is 2. The van der Waals surface area contributed by atoms with Crippen LogP contribution in [-0.2, 0) is 13.2 Å². The first kappa shape index (κ1) is 20.2. The quantitative estimate of drug-likeness (QED) is 0.469. The Hall–Kier alpha value is -3.10. The van der Waals surface area contributed by atoms with Gasteiger partial charge in [-0.1, -0.05) is 24.3 Å². The maximum absolute atomic E-state index is 12.4. The van der Waals surface area contributed by atoms with Gasteiger partial charge >= 0.3 is 0 Å². The first-order chi connectivity index (χ1) is 14.5. The number of aromatic amines is 1. The van der Waals surface area contributed by atoms with E-state index < -0.39 is 0 Å². The molecule has 0 radical (unpaired) electrons. The molecule has 0 spiro atoms. The molecular formula is C22H25N6OS+. The maximum Gasteiger partial charge on any atom is 0.258 e. The van der Waals surface area contributed by atoms with Crippen molar-refractivity contribution >= 4 is 23.1 Å². The van der Waals surface area contributed by atoms with E-state index in [9.17, 15) is 4.79 Å². The summed E-state index contributed by atoms with van der Waals surface area (Å²) in [6, 6.07) is 15.6. The minimum atomic E-state index is -0.109. The number of rotatable bonds is 6. The van der Waals surface area contributed by atoms with Crippen LogP contribution in [0.3, 0.4) is 0 Å². The van der Waals surface area contributed by atoms with Gasteiger partial charge in [0, 0.05) is 5.69 Å². The van der Waals surface area contributed by atoms with Crippen molar-refractivity contribution in [3.8, 4) is 5.69 Å². The van der Waals surface area contributed by atoms with Crippen molar-refractivity contribution in [3.63, 3.8) is 0 Å². The van der Waals surface area contributed by atoms with Gasteiger partial charge in [0.25, 0.3) is 5.56 Å². The van der Waals surface area contributed by atoms with E-state index in [0.29, 0.717) is 34.7 Å². The molecule has 2 aromatic carbocycles. The second kappa shape index (κ2) is 8.33. The summed E-state index contributed by atoms with van der Waals surface area (Å²) in [6.45, 7) is 8.13. The second-order valence-electron chi connectivity index (χ2n) is 7.47. The van der Waals surface area contributed by atoms with Crippen molar-refractivity contribution < 1.29 is 4.90 Å². The predicted molar refractivity (Wildman–Crippen MR) is 119 cm³/mol. The zero-order valence-electron chi connectivity index (χ0n) is 17.3. The van der Waals surface area contributed by atoms with E-state index in [1.165, 1.54) is 10.5 Å². The van der Waals surface area contributed by atoms with Gasteiger partial charge in [-0.15, -0.1) is 0 Å². The van der Waals surface area contributed by atoms with Gasteiger partial charge in [0.2, 0.25) is 4.77 Å². The molecule has 30 heavy (non-hydrogen) atoms. The van der Waals surface area contributed by atoms with Crippen LogP contribution in [0.1, 0.15) is 24.1 Å². The molecule has 2 aromatic heterocycles.